The van der Waals surface area contributed by atoms with Gasteiger partial charge in [0.15, 0.2) is 0 Å². The first-order valence-electron chi connectivity index (χ1n) is 6.59. The summed E-state index contributed by atoms with van der Waals surface area (Å²) >= 11 is 0. The van der Waals surface area contributed by atoms with Crippen LogP contribution in [0.1, 0.15) is 17.3 Å². The van der Waals surface area contributed by atoms with Crippen LogP contribution in [0.15, 0.2) is 27.8 Å². The van der Waals surface area contributed by atoms with Crippen molar-refractivity contribution < 1.29 is 14.7 Å². The summed E-state index contributed by atoms with van der Waals surface area (Å²) < 4.78 is 1.31. The normalized spacial score (nSPS) is 10.6. The number of carboxylic acids is 1. The van der Waals surface area contributed by atoms with E-state index in [1.165, 1.54) is 23.7 Å². The first kappa shape index (κ1) is 15.5. The number of carbonyl (C=O) groups is 2. The molecule has 0 saturated carbocycles. The molecule has 0 atom stereocenters. The van der Waals surface area contributed by atoms with Crippen molar-refractivity contribution in [2.45, 2.75) is 13.5 Å². The van der Waals surface area contributed by atoms with Crippen LogP contribution in [0, 0.1) is 0 Å². The van der Waals surface area contributed by atoms with E-state index in [4.69, 9.17) is 5.11 Å². The third-order valence-electron chi connectivity index (χ3n) is 3.26. The zero-order valence-corrected chi connectivity index (χ0v) is 12.1. The Labute approximate surface area is 124 Å². The lowest BCUT2D eigenvalue weighted by atomic mass is 10.1. The van der Waals surface area contributed by atoms with Gasteiger partial charge in [0.05, 0.1) is 11.0 Å². The second-order valence-electron chi connectivity index (χ2n) is 4.79. The fourth-order valence-electron chi connectivity index (χ4n) is 2.22. The highest BCUT2D eigenvalue weighted by Crippen LogP contribution is 2.13. The maximum absolute atomic E-state index is 12.1. The van der Waals surface area contributed by atoms with Crippen LogP contribution in [-0.4, -0.2) is 45.0 Å². The van der Waals surface area contributed by atoms with Crippen molar-refractivity contribution in [1.82, 2.24) is 14.5 Å². The minimum absolute atomic E-state index is 0.230. The van der Waals surface area contributed by atoms with Gasteiger partial charge in [-0.1, -0.05) is 0 Å². The Hall–Kier alpha value is -2.90. The van der Waals surface area contributed by atoms with E-state index in [2.05, 4.69) is 4.98 Å². The van der Waals surface area contributed by atoms with Crippen LogP contribution < -0.4 is 11.1 Å². The third-order valence-corrected chi connectivity index (χ3v) is 3.26. The smallest absolute Gasteiger partial charge is 0.323 e. The highest BCUT2D eigenvalue weighted by molar-refractivity contribution is 5.98. The third kappa shape index (κ3) is 2.76. The molecule has 0 aliphatic rings. The molecule has 0 aliphatic heterocycles. The van der Waals surface area contributed by atoms with Crippen molar-refractivity contribution in [1.29, 1.82) is 0 Å². The lowest BCUT2D eigenvalue weighted by molar-refractivity contribution is -0.137. The number of aromatic amines is 1. The minimum Gasteiger partial charge on any atom is -0.480 e. The Morgan fingerprint density at radius 1 is 1.32 bits per heavy atom. The maximum Gasteiger partial charge on any atom is 0.323 e. The number of nitrogens with zero attached hydrogens (tertiary/aromatic N) is 2. The molecular weight excluding hydrogens is 290 g/mol. The molecule has 2 N–H and O–H groups in total. The van der Waals surface area contributed by atoms with E-state index in [-0.39, 0.29) is 5.56 Å². The van der Waals surface area contributed by atoms with E-state index in [0.717, 1.165) is 4.90 Å². The second-order valence-corrected chi connectivity index (χ2v) is 4.79. The molecule has 8 nitrogen and oxygen atoms in total. The average Bonchev–Trinajstić information content (AvgIpc) is 2.46. The standard InChI is InChI=1S/C14H15N3O5/c1-3-17-10-5-4-8(13(21)16(2)7-11(18)19)6-9(10)15-12(20)14(17)22/h4-6H,3,7H2,1-2H3,(H,15,20)(H,18,19). The number of rotatable bonds is 4. The van der Waals surface area contributed by atoms with Crippen LogP contribution in [0.3, 0.4) is 0 Å². The van der Waals surface area contributed by atoms with Crippen LogP contribution in [0.25, 0.3) is 11.0 Å². The van der Waals surface area contributed by atoms with Gasteiger partial charge >= 0.3 is 17.1 Å². The Bertz CT molecular complexity index is 865. The number of likely N-dealkylation sites (N-methyl/N-ethyl adjacent to an activating group) is 1. The molecule has 0 fully saturated rings. The largest absolute Gasteiger partial charge is 0.480 e. The van der Waals surface area contributed by atoms with E-state index >= 15 is 0 Å². The van der Waals surface area contributed by atoms with E-state index in [9.17, 15) is 19.2 Å². The Morgan fingerprint density at radius 3 is 2.59 bits per heavy atom. The molecule has 0 saturated heterocycles. The number of benzene rings is 1. The van der Waals surface area contributed by atoms with Crippen molar-refractivity contribution in [3.05, 3.63) is 44.5 Å². The molecule has 8 heteroatoms. The van der Waals surface area contributed by atoms with Gasteiger partial charge in [-0.15, -0.1) is 0 Å². The zero-order chi connectivity index (χ0) is 16.4. The molecule has 0 spiro atoms. The molecule has 2 aromatic rings. The molecule has 2 rings (SSSR count). The van der Waals surface area contributed by atoms with Gasteiger partial charge in [-0.25, -0.2) is 0 Å². The molecule has 116 valence electrons. The molecule has 0 radical (unpaired) electrons. The van der Waals surface area contributed by atoms with Gasteiger partial charge in [0.1, 0.15) is 6.54 Å². The molecule has 0 aliphatic carbocycles. The van der Waals surface area contributed by atoms with Crippen molar-refractivity contribution in [3.8, 4) is 0 Å². The summed E-state index contributed by atoms with van der Waals surface area (Å²) in [7, 11) is 1.37. The number of hydrogen-bond donors (Lipinski definition) is 2. The Balaban J connectivity index is 2.54. The number of aromatic nitrogens is 2. The number of hydrogen-bond acceptors (Lipinski definition) is 4. The topological polar surface area (TPSA) is 112 Å². The second kappa shape index (κ2) is 5.84. The maximum atomic E-state index is 12.1. The van der Waals surface area contributed by atoms with Crippen LogP contribution in [-0.2, 0) is 11.3 Å². The fraction of sp³-hybridized carbons (Fsp3) is 0.286. The van der Waals surface area contributed by atoms with Crippen molar-refractivity contribution in [3.63, 3.8) is 0 Å². The van der Waals surface area contributed by atoms with Crippen LogP contribution >= 0.6 is 0 Å². The predicted octanol–water partition coefficient (Wildman–Crippen LogP) is -0.134. The minimum atomic E-state index is -1.12. The monoisotopic (exact) mass is 305 g/mol. The summed E-state index contributed by atoms with van der Waals surface area (Å²) in [5.74, 6) is -1.61. The number of carbonyl (C=O) groups excluding carboxylic acids is 1. The Kier molecular flexibility index (Phi) is 4.11. The highest BCUT2D eigenvalue weighted by atomic mass is 16.4. The number of amides is 1. The zero-order valence-electron chi connectivity index (χ0n) is 12.1. The average molecular weight is 305 g/mol. The highest BCUT2D eigenvalue weighted by Gasteiger charge is 2.16. The molecule has 1 aromatic heterocycles. The van der Waals surface area contributed by atoms with E-state index < -0.39 is 29.5 Å². The van der Waals surface area contributed by atoms with Crippen LogP contribution in [0.5, 0.6) is 0 Å². The SMILES string of the molecule is CCn1c(=O)c(=O)[nH]c2cc(C(=O)N(C)CC(=O)O)ccc21. The van der Waals surface area contributed by atoms with Crippen LogP contribution in [0.2, 0.25) is 0 Å². The molecule has 1 aromatic carbocycles. The lowest BCUT2D eigenvalue weighted by Crippen LogP contribution is -2.36. The van der Waals surface area contributed by atoms with Crippen molar-refractivity contribution in [2.75, 3.05) is 13.6 Å². The number of fused-ring (bicyclic) bond motifs is 1. The summed E-state index contributed by atoms with van der Waals surface area (Å²) in [5.41, 5.74) is -0.339. The van der Waals surface area contributed by atoms with Gasteiger partial charge in [0, 0.05) is 19.2 Å². The summed E-state index contributed by atoms with van der Waals surface area (Å²) in [6, 6.07) is 4.48. The first-order chi connectivity index (χ1) is 10.3. The van der Waals surface area contributed by atoms with Crippen LogP contribution in [0.4, 0.5) is 0 Å². The van der Waals surface area contributed by atoms with Gasteiger partial charge in [-0.3, -0.25) is 19.2 Å². The fourth-order valence-corrected chi connectivity index (χ4v) is 2.22. The molecule has 1 amide bonds. The lowest BCUT2D eigenvalue weighted by Gasteiger charge is -2.15. The van der Waals surface area contributed by atoms with Crippen molar-refractivity contribution in [2.24, 2.45) is 0 Å². The number of nitrogens with one attached hydrogen (secondary N) is 1. The summed E-state index contributed by atoms with van der Waals surface area (Å²) in [5, 5.41) is 8.71. The van der Waals surface area contributed by atoms with Gasteiger partial charge in [-0.05, 0) is 25.1 Å². The molecule has 22 heavy (non-hydrogen) atoms. The van der Waals surface area contributed by atoms with E-state index in [0.29, 0.717) is 17.6 Å². The van der Waals surface area contributed by atoms with Gasteiger partial charge < -0.3 is 19.6 Å². The first-order valence-corrected chi connectivity index (χ1v) is 6.59. The predicted molar refractivity (Wildman–Crippen MR) is 79.1 cm³/mol. The Morgan fingerprint density at radius 2 is 2.00 bits per heavy atom. The summed E-state index contributed by atoms with van der Waals surface area (Å²) in [6.07, 6.45) is 0. The van der Waals surface area contributed by atoms with Gasteiger partial charge in [0.2, 0.25) is 0 Å². The molecule has 0 bridgehead atoms. The van der Waals surface area contributed by atoms with Gasteiger partial charge in [-0.2, -0.15) is 0 Å². The number of aliphatic carboxylic acids is 1. The number of carboxylic acid groups (broad SMARTS) is 1. The molecule has 1 heterocycles. The van der Waals surface area contributed by atoms with Crippen molar-refractivity contribution >= 4 is 22.9 Å². The molecular formula is C14H15N3O5. The van der Waals surface area contributed by atoms with Gasteiger partial charge in [0.25, 0.3) is 5.91 Å². The summed E-state index contributed by atoms with van der Waals surface area (Å²) in [4.78, 5) is 49.6. The molecule has 0 unspecified atom stereocenters. The number of H-pyrrole nitrogens is 1. The van der Waals surface area contributed by atoms with E-state index in [1.54, 1.807) is 13.0 Å². The summed E-state index contributed by atoms with van der Waals surface area (Å²) in [6.45, 7) is 1.63. The quantitative estimate of drug-likeness (QED) is 0.764. The number of aryl methyl sites for hydroxylation is 1. The van der Waals surface area contributed by atoms with E-state index in [1.807, 2.05) is 0 Å².